The number of halogens is 1. The quantitative estimate of drug-likeness (QED) is 0.448. The van der Waals surface area contributed by atoms with Crippen molar-refractivity contribution >= 4 is 5.69 Å². The maximum atomic E-state index is 13.7. The lowest BCUT2D eigenvalue weighted by Crippen LogP contribution is -2.41. The van der Waals surface area contributed by atoms with Crippen LogP contribution in [0.2, 0.25) is 0 Å². The van der Waals surface area contributed by atoms with Crippen molar-refractivity contribution in [2.24, 2.45) is 5.41 Å². The zero-order valence-electron chi connectivity index (χ0n) is 21.5. The van der Waals surface area contributed by atoms with E-state index in [4.69, 9.17) is 0 Å². The Morgan fingerprint density at radius 2 is 1.61 bits per heavy atom. The summed E-state index contributed by atoms with van der Waals surface area (Å²) >= 11 is 0. The Kier molecular flexibility index (Phi) is 6.03. The summed E-state index contributed by atoms with van der Waals surface area (Å²) in [7, 11) is 2.27. The van der Waals surface area contributed by atoms with Crippen LogP contribution in [0, 0.1) is 11.2 Å². The number of rotatable bonds is 3. The molecule has 188 valence electrons. The normalized spacial score (nSPS) is 25.8. The molecule has 3 aromatic carbocycles. The van der Waals surface area contributed by atoms with Gasteiger partial charge in [-0.15, -0.1) is 0 Å². The summed E-state index contributed by atoms with van der Waals surface area (Å²) in [6.45, 7) is 5.86. The summed E-state index contributed by atoms with van der Waals surface area (Å²) in [5.74, 6) is 0.607. The minimum atomic E-state index is -0.192. The van der Waals surface area contributed by atoms with E-state index in [-0.39, 0.29) is 17.7 Å². The predicted molar refractivity (Wildman–Crippen MR) is 144 cm³/mol. The molecule has 3 atom stereocenters. The number of anilines is 1. The van der Waals surface area contributed by atoms with Crippen molar-refractivity contribution in [3.05, 3.63) is 94.8 Å². The molecule has 0 radical (unpaired) electrons. The van der Waals surface area contributed by atoms with Gasteiger partial charge in [-0.05, 0) is 116 Å². The number of nitrogens with zero attached hydrogens (tertiary/aromatic N) is 2. The molecule has 2 aliphatic heterocycles. The minimum Gasteiger partial charge on any atom is -0.508 e. The van der Waals surface area contributed by atoms with E-state index in [9.17, 15) is 9.50 Å². The van der Waals surface area contributed by atoms with Crippen LogP contribution in [0.25, 0.3) is 0 Å². The Balaban J connectivity index is 1.26. The van der Waals surface area contributed by atoms with Gasteiger partial charge in [0.1, 0.15) is 11.6 Å². The molecule has 2 saturated heterocycles. The highest BCUT2D eigenvalue weighted by Crippen LogP contribution is 2.48. The highest BCUT2D eigenvalue weighted by molar-refractivity contribution is 5.52. The van der Waals surface area contributed by atoms with Gasteiger partial charge in [0.05, 0.1) is 0 Å². The van der Waals surface area contributed by atoms with Crippen molar-refractivity contribution in [2.75, 3.05) is 31.6 Å². The van der Waals surface area contributed by atoms with Crippen molar-refractivity contribution in [2.45, 2.75) is 56.9 Å². The zero-order valence-corrected chi connectivity index (χ0v) is 21.5. The molecule has 2 heterocycles. The lowest BCUT2D eigenvalue weighted by molar-refractivity contribution is 0.221. The number of piperidine rings is 1. The largest absolute Gasteiger partial charge is 0.508 e. The number of hydrogen-bond donors (Lipinski definition) is 1. The van der Waals surface area contributed by atoms with Crippen LogP contribution >= 0.6 is 0 Å². The highest BCUT2D eigenvalue weighted by atomic mass is 19.1. The summed E-state index contributed by atoms with van der Waals surface area (Å²) in [5.41, 5.74) is 6.79. The molecule has 1 aliphatic carbocycles. The summed E-state index contributed by atoms with van der Waals surface area (Å²) in [6, 6.07) is 22.7. The van der Waals surface area contributed by atoms with E-state index in [1.165, 1.54) is 53.7 Å². The molecule has 3 aromatic rings. The van der Waals surface area contributed by atoms with Crippen molar-refractivity contribution in [1.29, 1.82) is 0 Å². The van der Waals surface area contributed by atoms with Crippen molar-refractivity contribution in [3.8, 4) is 5.75 Å². The number of phenols is 1. The second kappa shape index (κ2) is 9.23. The zero-order chi connectivity index (χ0) is 24.9. The van der Waals surface area contributed by atoms with Gasteiger partial charge in [-0.25, -0.2) is 4.39 Å². The first-order valence-corrected chi connectivity index (χ1v) is 13.5. The molecular weight excluding hydrogens is 447 g/mol. The lowest BCUT2D eigenvalue weighted by Gasteiger charge is -2.40. The SMILES string of the molecule is CC1CC2(CCN(c3ccc(C4c5ccc(O)cc5CCC4c4ccc(F)cc4)cc3)CC2)CN1C. The fourth-order valence-electron chi connectivity index (χ4n) is 7.31. The van der Waals surface area contributed by atoms with E-state index in [1.54, 1.807) is 18.2 Å². The van der Waals surface area contributed by atoms with Crippen LogP contribution in [0.5, 0.6) is 5.75 Å². The molecule has 3 unspecified atom stereocenters. The Bertz CT molecular complexity index is 1200. The summed E-state index contributed by atoms with van der Waals surface area (Å²) in [6.07, 6.45) is 5.78. The third kappa shape index (κ3) is 4.30. The summed E-state index contributed by atoms with van der Waals surface area (Å²) in [4.78, 5) is 5.09. The third-order valence-electron chi connectivity index (χ3n) is 9.39. The number of benzene rings is 3. The van der Waals surface area contributed by atoms with Gasteiger partial charge in [-0.2, -0.15) is 0 Å². The van der Waals surface area contributed by atoms with Gasteiger partial charge in [0.2, 0.25) is 0 Å². The predicted octanol–water partition coefficient (Wildman–Crippen LogP) is 6.70. The van der Waals surface area contributed by atoms with Crippen LogP contribution in [0.3, 0.4) is 0 Å². The number of fused-ring (bicyclic) bond motifs is 1. The average Bonchev–Trinajstić information content (AvgIpc) is 3.16. The minimum absolute atomic E-state index is 0.189. The van der Waals surface area contributed by atoms with Gasteiger partial charge < -0.3 is 14.9 Å². The molecule has 0 saturated carbocycles. The second-order valence-corrected chi connectivity index (χ2v) is 11.6. The van der Waals surface area contributed by atoms with E-state index in [0.29, 0.717) is 17.2 Å². The molecule has 36 heavy (non-hydrogen) atoms. The Hall–Kier alpha value is -2.85. The first kappa shape index (κ1) is 23.5. The first-order chi connectivity index (χ1) is 17.4. The maximum Gasteiger partial charge on any atom is 0.123 e. The van der Waals surface area contributed by atoms with E-state index < -0.39 is 0 Å². The smallest absolute Gasteiger partial charge is 0.123 e. The molecule has 3 nitrogen and oxygen atoms in total. The maximum absolute atomic E-state index is 13.7. The van der Waals surface area contributed by atoms with E-state index >= 15 is 0 Å². The monoisotopic (exact) mass is 484 g/mol. The van der Waals surface area contributed by atoms with Crippen LogP contribution in [-0.4, -0.2) is 42.7 Å². The molecule has 0 amide bonds. The van der Waals surface area contributed by atoms with Gasteiger partial charge in [0.15, 0.2) is 0 Å². The number of hydrogen-bond acceptors (Lipinski definition) is 3. The molecule has 1 N–H and O–H groups in total. The van der Waals surface area contributed by atoms with Crippen LogP contribution in [0.15, 0.2) is 66.7 Å². The number of likely N-dealkylation sites (tertiary alicyclic amines) is 1. The Morgan fingerprint density at radius 1 is 0.917 bits per heavy atom. The highest BCUT2D eigenvalue weighted by Gasteiger charge is 2.42. The van der Waals surface area contributed by atoms with Crippen LogP contribution < -0.4 is 4.90 Å². The summed E-state index contributed by atoms with van der Waals surface area (Å²) < 4.78 is 13.7. The standard InChI is InChI=1S/C32H37FN2O/c1-22-20-32(21-34(22)2)15-17-35(18-16-32)27-10-5-24(6-11-27)31-29(23-3-8-26(33)9-4-23)13-7-25-19-28(36)12-14-30(25)31/h3-6,8-12,14,19,22,29,31,36H,7,13,15-18,20-21H2,1-2H3. The van der Waals surface area contributed by atoms with E-state index in [2.05, 4.69) is 54.1 Å². The number of aromatic hydroxyl groups is 1. The van der Waals surface area contributed by atoms with Gasteiger partial charge in [-0.3, -0.25) is 0 Å². The lowest BCUT2D eigenvalue weighted by atomic mass is 9.69. The number of phenolic OH excluding ortho intramolecular Hbond substituents is 1. The first-order valence-electron chi connectivity index (χ1n) is 13.5. The fourth-order valence-corrected chi connectivity index (χ4v) is 7.31. The Labute approximate surface area is 214 Å². The van der Waals surface area contributed by atoms with E-state index in [0.717, 1.165) is 25.9 Å². The van der Waals surface area contributed by atoms with Crippen molar-refractivity contribution in [1.82, 2.24) is 4.90 Å². The second-order valence-electron chi connectivity index (χ2n) is 11.6. The van der Waals surface area contributed by atoms with E-state index in [1.807, 2.05) is 18.2 Å². The topological polar surface area (TPSA) is 26.7 Å². The van der Waals surface area contributed by atoms with Gasteiger partial charge >= 0.3 is 0 Å². The van der Waals surface area contributed by atoms with Crippen LogP contribution in [-0.2, 0) is 6.42 Å². The van der Waals surface area contributed by atoms with Crippen molar-refractivity contribution < 1.29 is 9.50 Å². The molecule has 0 bridgehead atoms. The van der Waals surface area contributed by atoms with Gasteiger partial charge in [0, 0.05) is 37.3 Å². The molecule has 1 spiro atoms. The van der Waals surface area contributed by atoms with Gasteiger partial charge in [-0.1, -0.05) is 30.3 Å². The molecule has 3 aliphatic rings. The fraction of sp³-hybridized carbons (Fsp3) is 0.438. The average molecular weight is 485 g/mol. The Morgan fingerprint density at radius 3 is 2.28 bits per heavy atom. The molecule has 6 rings (SSSR count). The van der Waals surface area contributed by atoms with Gasteiger partial charge in [0.25, 0.3) is 0 Å². The third-order valence-corrected chi connectivity index (χ3v) is 9.39. The van der Waals surface area contributed by atoms with Crippen molar-refractivity contribution in [3.63, 3.8) is 0 Å². The molecule has 4 heteroatoms. The molecular formula is C32H37FN2O. The molecule has 2 fully saturated rings. The van der Waals surface area contributed by atoms with Crippen LogP contribution in [0.4, 0.5) is 10.1 Å². The van der Waals surface area contributed by atoms with Crippen LogP contribution in [0.1, 0.15) is 66.7 Å². The molecule has 0 aromatic heterocycles. The summed E-state index contributed by atoms with van der Waals surface area (Å²) in [5, 5.41) is 10.1. The number of aryl methyl sites for hydroxylation is 1.